The molecule has 0 saturated carbocycles. The molecule has 0 aliphatic carbocycles. The second kappa shape index (κ2) is 11.0. The summed E-state index contributed by atoms with van der Waals surface area (Å²) in [5.74, 6) is -1.67. The van der Waals surface area contributed by atoms with Crippen molar-refractivity contribution in [3.63, 3.8) is 0 Å². The number of nitrogens with zero attached hydrogens (tertiary/aromatic N) is 4. The fraction of sp³-hybridized carbons (Fsp3) is 0.348. The topological polar surface area (TPSA) is 72.3 Å². The molecule has 1 amide bonds. The zero-order valence-electron chi connectivity index (χ0n) is 18.5. The van der Waals surface area contributed by atoms with E-state index in [0.717, 1.165) is 49.6 Å². The van der Waals surface area contributed by atoms with Gasteiger partial charge in [0.25, 0.3) is 0 Å². The van der Waals surface area contributed by atoms with E-state index in [1.165, 1.54) is 12.1 Å². The Morgan fingerprint density at radius 1 is 1.06 bits per heavy atom. The number of aromatic nitrogens is 3. The van der Waals surface area contributed by atoms with Gasteiger partial charge in [0.2, 0.25) is 5.91 Å². The number of anilines is 1. The third-order valence-corrected chi connectivity index (χ3v) is 6.48. The molecule has 1 aliphatic rings. The van der Waals surface area contributed by atoms with Crippen LogP contribution in [-0.2, 0) is 16.1 Å². The minimum atomic E-state index is -0.723. The molecular weight excluding hydrogens is 467 g/mol. The summed E-state index contributed by atoms with van der Waals surface area (Å²) >= 11 is 1.16. The number of amides is 1. The van der Waals surface area contributed by atoms with Crippen molar-refractivity contribution in [3.8, 4) is 11.4 Å². The largest absolute Gasteiger partial charge is 0.379 e. The molecule has 1 fully saturated rings. The molecule has 1 saturated heterocycles. The Hall–Kier alpha value is -2.89. The van der Waals surface area contributed by atoms with Crippen molar-refractivity contribution in [3.05, 3.63) is 59.9 Å². The first-order valence-corrected chi connectivity index (χ1v) is 11.7. The van der Waals surface area contributed by atoms with Gasteiger partial charge in [-0.15, -0.1) is 10.2 Å². The van der Waals surface area contributed by atoms with E-state index in [0.29, 0.717) is 36.3 Å². The lowest BCUT2D eigenvalue weighted by molar-refractivity contribution is -0.115. The van der Waals surface area contributed by atoms with E-state index in [9.17, 15) is 18.0 Å². The lowest BCUT2D eigenvalue weighted by atomic mass is 10.2. The summed E-state index contributed by atoms with van der Waals surface area (Å²) in [5, 5.41) is 10.8. The molecule has 180 valence electrons. The number of rotatable bonds is 8. The van der Waals surface area contributed by atoms with Gasteiger partial charge in [0.1, 0.15) is 17.5 Å². The number of hydrogen-bond donors (Lipinski definition) is 1. The fourth-order valence-electron chi connectivity index (χ4n) is 3.50. The maximum absolute atomic E-state index is 13.9. The zero-order valence-corrected chi connectivity index (χ0v) is 19.3. The van der Waals surface area contributed by atoms with Crippen LogP contribution in [0.5, 0.6) is 0 Å². The van der Waals surface area contributed by atoms with E-state index in [2.05, 4.69) is 20.4 Å². The average Bonchev–Trinajstić information content (AvgIpc) is 3.23. The summed E-state index contributed by atoms with van der Waals surface area (Å²) < 4.78 is 48.1. The Kier molecular flexibility index (Phi) is 7.86. The van der Waals surface area contributed by atoms with E-state index in [1.54, 1.807) is 19.1 Å². The summed E-state index contributed by atoms with van der Waals surface area (Å²) in [5.41, 5.74) is 0.472. The number of thioether (sulfide) groups is 1. The molecule has 4 rings (SSSR count). The molecule has 1 aromatic heterocycles. The lowest BCUT2D eigenvalue weighted by Gasteiger charge is -2.27. The molecule has 7 nitrogen and oxygen atoms in total. The van der Waals surface area contributed by atoms with Crippen LogP contribution in [0.25, 0.3) is 11.4 Å². The lowest BCUT2D eigenvalue weighted by Crippen LogP contribution is -2.38. The Bertz CT molecular complexity index is 1140. The number of carbonyl (C=O) groups excluding carboxylic acids is 1. The summed E-state index contributed by atoms with van der Waals surface area (Å²) in [7, 11) is 0. The first-order valence-electron chi connectivity index (χ1n) is 10.8. The highest BCUT2D eigenvalue weighted by Crippen LogP contribution is 2.28. The van der Waals surface area contributed by atoms with Gasteiger partial charge in [-0.2, -0.15) is 0 Å². The minimum absolute atomic E-state index is 0.224. The van der Waals surface area contributed by atoms with E-state index in [1.807, 2.05) is 4.57 Å². The van der Waals surface area contributed by atoms with Crippen LogP contribution in [0, 0.1) is 17.5 Å². The Morgan fingerprint density at radius 3 is 2.50 bits per heavy atom. The van der Waals surface area contributed by atoms with Gasteiger partial charge in [-0.25, -0.2) is 13.2 Å². The molecule has 2 aromatic carbocycles. The quantitative estimate of drug-likeness (QED) is 0.483. The normalized spacial score (nSPS) is 15.3. The smallest absolute Gasteiger partial charge is 0.237 e. The van der Waals surface area contributed by atoms with Crippen LogP contribution in [0.3, 0.4) is 0 Å². The van der Waals surface area contributed by atoms with Gasteiger partial charge in [0.15, 0.2) is 11.0 Å². The second-order valence-corrected chi connectivity index (χ2v) is 9.10. The van der Waals surface area contributed by atoms with Crippen molar-refractivity contribution in [2.45, 2.75) is 23.9 Å². The highest BCUT2D eigenvalue weighted by atomic mass is 32.2. The third kappa shape index (κ3) is 5.96. The summed E-state index contributed by atoms with van der Waals surface area (Å²) in [6.45, 7) is 5.89. The standard InChI is InChI=1S/C23H24F3N5O2S/c1-15(22(32)27-20-14-18(25)6-7-19(20)26)34-23-29-28-21(16-2-4-17(24)5-3-16)31(23)9-8-30-10-12-33-13-11-30/h2-7,14-15H,8-13H2,1H3,(H,27,32). The molecule has 2 heterocycles. The van der Waals surface area contributed by atoms with E-state index >= 15 is 0 Å². The average molecular weight is 492 g/mol. The highest BCUT2D eigenvalue weighted by Gasteiger charge is 2.23. The number of hydrogen-bond acceptors (Lipinski definition) is 6. The Morgan fingerprint density at radius 2 is 1.76 bits per heavy atom. The van der Waals surface area contributed by atoms with E-state index in [4.69, 9.17) is 4.74 Å². The van der Waals surface area contributed by atoms with Crippen LogP contribution in [0.4, 0.5) is 18.9 Å². The predicted molar refractivity (Wildman–Crippen MR) is 123 cm³/mol. The molecule has 1 aliphatic heterocycles. The number of ether oxygens (including phenoxy) is 1. The van der Waals surface area contributed by atoms with Gasteiger partial charge in [-0.3, -0.25) is 9.69 Å². The van der Waals surface area contributed by atoms with Crippen molar-refractivity contribution in [2.75, 3.05) is 38.2 Å². The van der Waals surface area contributed by atoms with Crippen molar-refractivity contribution >= 4 is 23.4 Å². The van der Waals surface area contributed by atoms with Gasteiger partial charge in [-0.05, 0) is 43.3 Å². The molecule has 34 heavy (non-hydrogen) atoms. The minimum Gasteiger partial charge on any atom is -0.379 e. The molecule has 0 bridgehead atoms. The SMILES string of the molecule is CC(Sc1nnc(-c2ccc(F)cc2)n1CCN1CCOCC1)C(=O)Nc1cc(F)ccc1F. The van der Waals surface area contributed by atoms with Gasteiger partial charge in [0.05, 0.1) is 24.2 Å². The molecule has 11 heteroatoms. The molecule has 1 N–H and O–H groups in total. The summed E-state index contributed by atoms with van der Waals surface area (Å²) in [6, 6.07) is 8.84. The van der Waals surface area contributed by atoms with Crippen molar-refractivity contribution in [2.24, 2.45) is 0 Å². The monoisotopic (exact) mass is 491 g/mol. The molecule has 0 spiro atoms. The number of benzene rings is 2. The second-order valence-electron chi connectivity index (χ2n) is 7.79. The van der Waals surface area contributed by atoms with Crippen LogP contribution < -0.4 is 5.32 Å². The Balaban J connectivity index is 1.52. The fourth-order valence-corrected chi connectivity index (χ4v) is 4.37. The number of halogens is 3. The number of nitrogens with one attached hydrogen (secondary N) is 1. The molecule has 0 radical (unpaired) electrons. The maximum atomic E-state index is 13.9. The molecule has 3 aromatic rings. The third-order valence-electron chi connectivity index (χ3n) is 5.40. The van der Waals surface area contributed by atoms with Gasteiger partial charge < -0.3 is 14.6 Å². The maximum Gasteiger partial charge on any atom is 0.237 e. The van der Waals surface area contributed by atoms with Gasteiger partial charge in [0, 0.05) is 37.8 Å². The van der Waals surface area contributed by atoms with Gasteiger partial charge >= 0.3 is 0 Å². The van der Waals surface area contributed by atoms with Crippen LogP contribution >= 0.6 is 11.8 Å². The van der Waals surface area contributed by atoms with E-state index in [-0.39, 0.29) is 11.5 Å². The first kappa shape index (κ1) is 24.2. The molecule has 1 atom stereocenters. The summed E-state index contributed by atoms with van der Waals surface area (Å²) in [6.07, 6.45) is 0. The first-order chi connectivity index (χ1) is 16.4. The van der Waals surface area contributed by atoms with Crippen molar-refractivity contribution in [1.82, 2.24) is 19.7 Å². The number of carbonyl (C=O) groups is 1. The van der Waals surface area contributed by atoms with Gasteiger partial charge in [-0.1, -0.05) is 11.8 Å². The predicted octanol–water partition coefficient (Wildman–Crippen LogP) is 3.81. The van der Waals surface area contributed by atoms with Crippen LogP contribution in [0.2, 0.25) is 0 Å². The summed E-state index contributed by atoms with van der Waals surface area (Å²) in [4.78, 5) is 14.9. The number of morpholine rings is 1. The molecular formula is C23H24F3N5O2S. The Labute approximate surface area is 199 Å². The van der Waals surface area contributed by atoms with Crippen molar-refractivity contribution < 1.29 is 22.7 Å². The van der Waals surface area contributed by atoms with Crippen LogP contribution in [0.1, 0.15) is 6.92 Å². The zero-order chi connectivity index (χ0) is 24.1. The molecule has 1 unspecified atom stereocenters. The van der Waals surface area contributed by atoms with E-state index < -0.39 is 22.8 Å². The van der Waals surface area contributed by atoms with Crippen LogP contribution in [0.15, 0.2) is 47.6 Å². The van der Waals surface area contributed by atoms with Crippen LogP contribution in [-0.4, -0.2) is 63.7 Å². The highest BCUT2D eigenvalue weighted by molar-refractivity contribution is 8.00. The van der Waals surface area contributed by atoms with Crippen molar-refractivity contribution in [1.29, 1.82) is 0 Å².